The Bertz CT molecular complexity index is 1100. The predicted molar refractivity (Wildman–Crippen MR) is 122 cm³/mol. The summed E-state index contributed by atoms with van der Waals surface area (Å²) in [5, 5.41) is 10.8. The Kier molecular flexibility index (Phi) is 6.21. The number of thiazole rings is 1. The first-order chi connectivity index (χ1) is 14.5. The van der Waals surface area contributed by atoms with Crippen molar-refractivity contribution in [3.05, 3.63) is 59.0 Å². The van der Waals surface area contributed by atoms with Crippen LogP contribution in [0.5, 0.6) is 0 Å². The second-order valence-corrected chi connectivity index (χ2v) is 8.77. The molecule has 1 aliphatic rings. The highest BCUT2D eigenvalue weighted by molar-refractivity contribution is 7.71. The molecule has 2 aromatic heterocycles. The Morgan fingerprint density at radius 3 is 3.00 bits per heavy atom. The number of amides is 1. The van der Waals surface area contributed by atoms with Crippen LogP contribution in [0.2, 0.25) is 0 Å². The molecule has 1 saturated heterocycles. The number of nitrogens with zero attached hydrogens (tertiary/aromatic N) is 4. The van der Waals surface area contributed by atoms with Crippen LogP contribution in [0.3, 0.4) is 0 Å². The lowest BCUT2D eigenvalue weighted by molar-refractivity contribution is -0.119. The van der Waals surface area contributed by atoms with Crippen molar-refractivity contribution >= 4 is 34.6 Å². The maximum absolute atomic E-state index is 12.8. The predicted octanol–water partition coefficient (Wildman–Crippen LogP) is 4.02. The molecule has 1 atom stereocenters. The molecule has 0 saturated carbocycles. The van der Waals surface area contributed by atoms with Gasteiger partial charge in [-0.3, -0.25) is 19.4 Å². The standard InChI is InChI=1S/C21H24N6OS2/c1-3-10-27-18(24-25-21(27)29)17-14(2)22-20(30-17)23-19(28)16-9-11-26(13-16)12-15-7-5-4-6-8-15/h3-8,16H,1,9-13H2,2H3,(H,25,29)(H,22,23,28)/t16-/m1/s1. The summed E-state index contributed by atoms with van der Waals surface area (Å²) in [5.74, 6) is 0.706. The number of aromatic amines is 1. The molecule has 156 valence electrons. The number of anilines is 1. The Balaban J connectivity index is 1.42. The van der Waals surface area contributed by atoms with Crippen LogP contribution in [0.15, 0.2) is 43.0 Å². The van der Waals surface area contributed by atoms with Gasteiger partial charge < -0.3 is 5.32 Å². The van der Waals surface area contributed by atoms with Gasteiger partial charge in [-0.2, -0.15) is 5.10 Å². The highest BCUT2D eigenvalue weighted by Gasteiger charge is 2.29. The Morgan fingerprint density at radius 1 is 1.43 bits per heavy atom. The summed E-state index contributed by atoms with van der Waals surface area (Å²) in [6, 6.07) is 10.4. The molecule has 2 N–H and O–H groups in total. The highest BCUT2D eigenvalue weighted by Crippen LogP contribution is 2.32. The van der Waals surface area contributed by atoms with E-state index in [1.165, 1.54) is 16.9 Å². The summed E-state index contributed by atoms with van der Waals surface area (Å²) >= 11 is 6.71. The van der Waals surface area contributed by atoms with Crippen LogP contribution in [0, 0.1) is 17.6 Å². The molecule has 4 rings (SSSR count). The highest BCUT2D eigenvalue weighted by atomic mass is 32.1. The summed E-state index contributed by atoms with van der Waals surface area (Å²) in [5.41, 5.74) is 2.08. The zero-order valence-corrected chi connectivity index (χ0v) is 18.4. The Hall–Kier alpha value is -2.62. The van der Waals surface area contributed by atoms with Crippen molar-refractivity contribution in [1.82, 2.24) is 24.6 Å². The number of hydrogen-bond donors (Lipinski definition) is 2. The lowest BCUT2D eigenvalue weighted by atomic mass is 10.1. The van der Waals surface area contributed by atoms with E-state index in [1.54, 1.807) is 6.08 Å². The van der Waals surface area contributed by atoms with Gasteiger partial charge in [0.1, 0.15) is 0 Å². The number of carbonyl (C=O) groups excluding carboxylic acids is 1. The van der Waals surface area contributed by atoms with Crippen molar-refractivity contribution in [3.8, 4) is 10.7 Å². The summed E-state index contributed by atoms with van der Waals surface area (Å²) in [4.78, 5) is 20.6. The monoisotopic (exact) mass is 440 g/mol. The van der Waals surface area contributed by atoms with Gasteiger partial charge in [-0.1, -0.05) is 47.7 Å². The van der Waals surface area contributed by atoms with Gasteiger partial charge in [-0.15, -0.1) is 6.58 Å². The van der Waals surface area contributed by atoms with E-state index in [2.05, 4.69) is 44.1 Å². The van der Waals surface area contributed by atoms with E-state index in [0.29, 0.717) is 22.3 Å². The van der Waals surface area contributed by atoms with E-state index in [0.717, 1.165) is 36.6 Å². The SMILES string of the molecule is C=CCn1c(-c2sc(NC(=O)[C@@H]3CCN(Cc4ccccc4)C3)nc2C)n[nH]c1=S. The molecule has 1 aromatic carbocycles. The molecule has 0 unspecified atom stereocenters. The number of H-pyrrole nitrogens is 1. The first kappa shape index (κ1) is 20.6. The normalized spacial score (nSPS) is 16.6. The van der Waals surface area contributed by atoms with Crippen molar-refractivity contribution in [3.63, 3.8) is 0 Å². The van der Waals surface area contributed by atoms with Crippen molar-refractivity contribution in [2.75, 3.05) is 18.4 Å². The average molecular weight is 441 g/mol. The molecule has 9 heteroatoms. The molecule has 1 aliphatic heterocycles. The molecule has 30 heavy (non-hydrogen) atoms. The molecule has 7 nitrogen and oxygen atoms in total. The molecule has 3 aromatic rings. The number of aryl methyl sites for hydroxylation is 1. The number of rotatable bonds is 7. The van der Waals surface area contributed by atoms with Gasteiger partial charge in [0.2, 0.25) is 5.91 Å². The largest absolute Gasteiger partial charge is 0.302 e. The summed E-state index contributed by atoms with van der Waals surface area (Å²) in [6.45, 7) is 8.80. The zero-order chi connectivity index (χ0) is 21.1. The van der Waals surface area contributed by atoms with E-state index < -0.39 is 0 Å². The molecule has 0 spiro atoms. The van der Waals surface area contributed by atoms with Crippen molar-refractivity contribution in [2.45, 2.75) is 26.4 Å². The number of aromatic nitrogens is 4. The summed E-state index contributed by atoms with van der Waals surface area (Å²) in [6.07, 6.45) is 2.63. The maximum atomic E-state index is 12.8. The molecule has 0 bridgehead atoms. The first-order valence-corrected chi connectivity index (χ1v) is 11.1. The van der Waals surface area contributed by atoms with Gasteiger partial charge in [0.15, 0.2) is 15.7 Å². The molecular weight excluding hydrogens is 416 g/mol. The third kappa shape index (κ3) is 4.43. The van der Waals surface area contributed by atoms with Crippen LogP contribution in [0.25, 0.3) is 10.7 Å². The zero-order valence-electron chi connectivity index (χ0n) is 16.8. The van der Waals surface area contributed by atoms with Crippen LogP contribution in [0.4, 0.5) is 5.13 Å². The van der Waals surface area contributed by atoms with Crippen molar-refractivity contribution in [2.24, 2.45) is 5.92 Å². The summed E-state index contributed by atoms with van der Waals surface area (Å²) in [7, 11) is 0. The molecule has 0 aliphatic carbocycles. The lowest BCUT2D eigenvalue weighted by Crippen LogP contribution is -2.26. The number of nitrogens with one attached hydrogen (secondary N) is 2. The average Bonchev–Trinajstić information content (AvgIpc) is 3.43. The van der Waals surface area contributed by atoms with Gasteiger partial charge in [-0.25, -0.2) is 4.98 Å². The minimum atomic E-state index is -0.0308. The fourth-order valence-corrected chi connectivity index (χ4v) is 4.86. The van der Waals surface area contributed by atoms with E-state index in [4.69, 9.17) is 12.2 Å². The molecule has 3 heterocycles. The van der Waals surface area contributed by atoms with Crippen molar-refractivity contribution < 1.29 is 4.79 Å². The lowest BCUT2D eigenvalue weighted by Gasteiger charge is -2.15. The van der Waals surface area contributed by atoms with Crippen LogP contribution in [-0.4, -0.2) is 43.6 Å². The molecule has 1 amide bonds. The quantitative estimate of drug-likeness (QED) is 0.429. The number of likely N-dealkylation sites (tertiary alicyclic amines) is 1. The van der Waals surface area contributed by atoms with Crippen LogP contribution >= 0.6 is 23.6 Å². The van der Waals surface area contributed by atoms with Gasteiger partial charge in [0.25, 0.3) is 0 Å². The third-order valence-electron chi connectivity index (χ3n) is 5.19. The summed E-state index contributed by atoms with van der Waals surface area (Å²) < 4.78 is 2.40. The smallest absolute Gasteiger partial charge is 0.230 e. The number of hydrogen-bond acceptors (Lipinski definition) is 6. The second kappa shape index (κ2) is 9.03. The third-order valence-corrected chi connectivity index (χ3v) is 6.57. The topological polar surface area (TPSA) is 78.8 Å². The van der Waals surface area contributed by atoms with E-state index in [9.17, 15) is 4.79 Å². The number of allylic oxidation sites excluding steroid dienone is 1. The van der Waals surface area contributed by atoms with E-state index in [-0.39, 0.29) is 11.8 Å². The molecule has 1 fully saturated rings. The fraction of sp³-hybridized carbons (Fsp3) is 0.333. The van der Waals surface area contributed by atoms with Crippen molar-refractivity contribution in [1.29, 1.82) is 0 Å². The molecular formula is C21H24N6OS2. The number of benzene rings is 1. The van der Waals surface area contributed by atoms with Gasteiger partial charge in [-0.05, 0) is 37.7 Å². The van der Waals surface area contributed by atoms with E-state index in [1.807, 2.05) is 29.7 Å². The minimum Gasteiger partial charge on any atom is -0.302 e. The van der Waals surface area contributed by atoms with Crippen LogP contribution in [-0.2, 0) is 17.9 Å². The first-order valence-electron chi connectivity index (χ1n) is 9.86. The van der Waals surface area contributed by atoms with Gasteiger partial charge in [0.05, 0.1) is 16.5 Å². The van der Waals surface area contributed by atoms with Gasteiger partial charge in [0, 0.05) is 19.6 Å². The minimum absolute atomic E-state index is 0.0239. The maximum Gasteiger partial charge on any atom is 0.230 e. The second-order valence-electron chi connectivity index (χ2n) is 7.38. The Morgan fingerprint density at radius 2 is 2.23 bits per heavy atom. The van der Waals surface area contributed by atoms with Crippen LogP contribution in [0.1, 0.15) is 17.7 Å². The number of carbonyl (C=O) groups is 1. The fourth-order valence-electron chi connectivity index (χ4n) is 3.69. The Labute approximate surface area is 184 Å². The molecule has 0 radical (unpaired) electrons. The van der Waals surface area contributed by atoms with Crippen LogP contribution < -0.4 is 5.32 Å². The van der Waals surface area contributed by atoms with E-state index >= 15 is 0 Å². The van der Waals surface area contributed by atoms with Gasteiger partial charge >= 0.3 is 0 Å².